The van der Waals surface area contributed by atoms with Gasteiger partial charge in [0.1, 0.15) is 10.8 Å². The predicted molar refractivity (Wildman–Crippen MR) is 146 cm³/mol. The second-order valence-corrected chi connectivity index (χ2v) is 10.9. The molecule has 0 unspecified atom stereocenters. The van der Waals surface area contributed by atoms with Crippen LogP contribution in [0.5, 0.6) is 0 Å². The summed E-state index contributed by atoms with van der Waals surface area (Å²) >= 11 is 3.98. The lowest BCUT2D eigenvalue weighted by Crippen LogP contribution is -2.23. The van der Waals surface area contributed by atoms with Crippen LogP contribution in [0.4, 0.5) is 5.00 Å². The van der Waals surface area contributed by atoms with Crippen molar-refractivity contribution in [3.63, 3.8) is 0 Å². The molecule has 7 heteroatoms. The Morgan fingerprint density at radius 2 is 2.00 bits per heavy atom. The first-order valence-corrected chi connectivity index (χ1v) is 13.3. The molecule has 0 bridgehead atoms. The fourth-order valence-electron chi connectivity index (χ4n) is 4.58. The van der Waals surface area contributed by atoms with Gasteiger partial charge in [0, 0.05) is 37.3 Å². The maximum atomic E-state index is 13.2. The van der Waals surface area contributed by atoms with Crippen molar-refractivity contribution < 1.29 is 9.21 Å². The number of aliphatic imine (C=N–C) groups is 1. The topological polar surface area (TPSA) is 59.5 Å². The molecule has 5 rings (SSSR count). The summed E-state index contributed by atoms with van der Waals surface area (Å²) in [5.41, 5.74) is 6.39. The molecular formula is C27H26IN3O2S. The summed E-state index contributed by atoms with van der Waals surface area (Å²) in [5.74, 6) is 0.665. The molecule has 1 amide bonds. The van der Waals surface area contributed by atoms with Gasteiger partial charge in [-0.15, -0.1) is 11.3 Å². The van der Waals surface area contributed by atoms with Crippen LogP contribution in [0.15, 0.2) is 58.1 Å². The van der Waals surface area contributed by atoms with Gasteiger partial charge in [-0.25, -0.2) is 4.99 Å². The van der Waals surface area contributed by atoms with E-state index < -0.39 is 0 Å². The van der Waals surface area contributed by atoms with Crippen LogP contribution in [0, 0.1) is 17.4 Å². The van der Waals surface area contributed by atoms with E-state index in [1.165, 1.54) is 20.4 Å². The highest BCUT2D eigenvalue weighted by atomic mass is 127. The number of hydrogen-bond donors (Lipinski definition) is 1. The minimum Gasteiger partial charge on any atom is -0.467 e. The third-order valence-electron chi connectivity index (χ3n) is 6.26. The maximum absolute atomic E-state index is 13.2. The Hall–Kier alpha value is -2.65. The first-order chi connectivity index (χ1) is 16.5. The molecule has 5 nitrogen and oxygen atoms in total. The Balaban J connectivity index is 1.46. The average molecular weight is 583 g/mol. The molecule has 1 aromatic carbocycles. The standard InChI is InChI=1S/C27H26IN3O2S/c1-17-14-19(18(2)31(17)21-11-9-20(28)10-12-21)15-30-27-25(23-7-3-4-8-24(23)34-27)26(32)29-16-22-6-5-13-33-22/h5-6,9-15H,3-4,7-8,16H2,1-2H3,(H,29,32). The zero-order valence-electron chi connectivity index (χ0n) is 19.2. The van der Waals surface area contributed by atoms with E-state index in [0.717, 1.165) is 58.2 Å². The van der Waals surface area contributed by atoms with Crippen molar-refractivity contribution >= 4 is 51.1 Å². The van der Waals surface area contributed by atoms with E-state index in [4.69, 9.17) is 9.41 Å². The van der Waals surface area contributed by atoms with E-state index in [2.05, 4.69) is 76.7 Å². The van der Waals surface area contributed by atoms with Gasteiger partial charge in [-0.05, 0) is 110 Å². The third-order valence-corrected chi connectivity index (χ3v) is 8.18. The van der Waals surface area contributed by atoms with Crippen LogP contribution in [-0.2, 0) is 19.4 Å². The van der Waals surface area contributed by atoms with Crippen molar-refractivity contribution in [2.24, 2.45) is 4.99 Å². The van der Waals surface area contributed by atoms with Crippen molar-refractivity contribution in [3.05, 3.63) is 91.0 Å². The number of furan rings is 1. The molecule has 4 aromatic rings. The van der Waals surface area contributed by atoms with Gasteiger partial charge in [0.15, 0.2) is 0 Å². The predicted octanol–water partition coefficient (Wildman–Crippen LogP) is 6.91. The number of fused-ring (bicyclic) bond motifs is 1. The zero-order chi connectivity index (χ0) is 23.7. The van der Waals surface area contributed by atoms with Crippen molar-refractivity contribution in [2.75, 3.05) is 0 Å². The fourth-order valence-corrected chi connectivity index (χ4v) is 6.17. The minimum absolute atomic E-state index is 0.0766. The summed E-state index contributed by atoms with van der Waals surface area (Å²) in [5, 5.41) is 3.82. The lowest BCUT2D eigenvalue weighted by molar-refractivity contribution is 0.0948. The van der Waals surface area contributed by atoms with E-state index in [0.29, 0.717) is 6.54 Å². The zero-order valence-corrected chi connectivity index (χ0v) is 22.2. The molecule has 3 heterocycles. The molecule has 0 aliphatic heterocycles. The number of amides is 1. The fraction of sp³-hybridized carbons (Fsp3) is 0.259. The number of aryl methyl sites for hydroxylation is 2. The molecule has 0 fully saturated rings. The van der Waals surface area contributed by atoms with Crippen LogP contribution < -0.4 is 5.32 Å². The molecular weight excluding hydrogens is 557 g/mol. The lowest BCUT2D eigenvalue weighted by Gasteiger charge is -2.12. The van der Waals surface area contributed by atoms with Gasteiger partial charge < -0.3 is 14.3 Å². The maximum Gasteiger partial charge on any atom is 0.255 e. The number of carbonyl (C=O) groups excluding carboxylic acids is 1. The number of nitrogens with one attached hydrogen (secondary N) is 1. The van der Waals surface area contributed by atoms with E-state index in [9.17, 15) is 4.79 Å². The third kappa shape index (κ3) is 4.63. The first kappa shape index (κ1) is 23.1. The number of halogens is 1. The molecule has 0 atom stereocenters. The molecule has 0 saturated carbocycles. The van der Waals surface area contributed by atoms with Crippen LogP contribution >= 0.6 is 33.9 Å². The van der Waals surface area contributed by atoms with Crippen LogP contribution in [-0.4, -0.2) is 16.7 Å². The van der Waals surface area contributed by atoms with E-state index in [1.54, 1.807) is 17.6 Å². The van der Waals surface area contributed by atoms with E-state index in [-0.39, 0.29) is 5.91 Å². The van der Waals surface area contributed by atoms with Crippen molar-refractivity contribution in [1.82, 2.24) is 9.88 Å². The summed E-state index contributed by atoms with van der Waals surface area (Å²) in [4.78, 5) is 19.4. The number of benzene rings is 1. The molecule has 1 aliphatic rings. The van der Waals surface area contributed by atoms with Gasteiger partial charge in [-0.3, -0.25) is 4.79 Å². The largest absolute Gasteiger partial charge is 0.467 e. The normalized spacial score (nSPS) is 13.4. The summed E-state index contributed by atoms with van der Waals surface area (Å²) < 4.78 is 8.83. The van der Waals surface area contributed by atoms with Gasteiger partial charge in [0.05, 0.1) is 18.4 Å². The van der Waals surface area contributed by atoms with Crippen molar-refractivity contribution in [1.29, 1.82) is 0 Å². The molecule has 34 heavy (non-hydrogen) atoms. The Morgan fingerprint density at radius 3 is 2.76 bits per heavy atom. The van der Waals surface area contributed by atoms with Crippen LogP contribution in [0.1, 0.15) is 56.4 Å². The number of carbonyl (C=O) groups is 1. The Bertz CT molecular complexity index is 1350. The lowest BCUT2D eigenvalue weighted by atomic mass is 9.95. The average Bonchev–Trinajstić information content (AvgIpc) is 3.55. The van der Waals surface area contributed by atoms with Gasteiger partial charge in [-0.1, -0.05) is 0 Å². The van der Waals surface area contributed by atoms with Crippen molar-refractivity contribution in [2.45, 2.75) is 46.1 Å². The quantitative estimate of drug-likeness (QED) is 0.198. The number of hydrogen-bond acceptors (Lipinski definition) is 4. The first-order valence-electron chi connectivity index (χ1n) is 11.5. The molecule has 1 aliphatic carbocycles. The Kier molecular flexibility index (Phi) is 6.74. The van der Waals surface area contributed by atoms with Crippen LogP contribution in [0.3, 0.4) is 0 Å². The van der Waals surface area contributed by atoms with Gasteiger partial charge in [-0.2, -0.15) is 0 Å². The second kappa shape index (κ2) is 9.92. The second-order valence-electron chi connectivity index (χ2n) is 8.55. The monoisotopic (exact) mass is 583 g/mol. The Morgan fingerprint density at radius 1 is 1.21 bits per heavy atom. The highest BCUT2D eigenvalue weighted by Crippen LogP contribution is 2.40. The Labute approximate surface area is 217 Å². The smallest absolute Gasteiger partial charge is 0.255 e. The van der Waals surface area contributed by atoms with Crippen LogP contribution in [0.2, 0.25) is 0 Å². The summed E-state index contributed by atoms with van der Waals surface area (Å²) in [6, 6.07) is 14.4. The van der Waals surface area contributed by atoms with E-state index in [1.807, 2.05) is 18.3 Å². The highest BCUT2D eigenvalue weighted by molar-refractivity contribution is 14.1. The molecule has 1 N–H and O–H groups in total. The number of thiophene rings is 1. The minimum atomic E-state index is -0.0766. The number of nitrogens with zero attached hydrogens (tertiary/aromatic N) is 2. The van der Waals surface area contributed by atoms with Crippen LogP contribution in [0.25, 0.3) is 5.69 Å². The molecule has 0 saturated heterocycles. The highest BCUT2D eigenvalue weighted by Gasteiger charge is 2.25. The summed E-state index contributed by atoms with van der Waals surface area (Å²) in [6.45, 7) is 4.60. The number of rotatable bonds is 6. The van der Waals surface area contributed by atoms with Gasteiger partial charge in [0.2, 0.25) is 0 Å². The van der Waals surface area contributed by atoms with Crippen molar-refractivity contribution in [3.8, 4) is 5.69 Å². The summed E-state index contributed by atoms with van der Waals surface area (Å²) in [6.07, 6.45) is 7.77. The molecule has 0 spiro atoms. The number of aromatic nitrogens is 1. The van der Waals surface area contributed by atoms with Gasteiger partial charge in [0.25, 0.3) is 5.91 Å². The SMILES string of the molecule is Cc1cc(C=Nc2sc3c(c2C(=O)NCc2ccco2)CCCC3)c(C)n1-c1ccc(I)cc1. The molecule has 3 aromatic heterocycles. The van der Waals surface area contributed by atoms with Gasteiger partial charge >= 0.3 is 0 Å². The molecule has 0 radical (unpaired) electrons. The van der Waals surface area contributed by atoms with E-state index >= 15 is 0 Å². The molecule has 174 valence electrons. The summed E-state index contributed by atoms with van der Waals surface area (Å²) in [7, 11) is 0.